The number of sulfone groups is 1. The summed E-state index contributed by atoms with van der Waals surface area (Å²) in [5.74, 6) is -1.03. The molecule has 0 bridgehead atoms. The van der Waals surface area contributed by atoms with Crippen molar-refractivity contribution in [1.82, 2.24) is 0 Å². The summed E-state index contributed by atoms with van der Waals surface area (Å²) in [5, 5.41) is 12.2. The molecule has 0 aliphatic carbocycles. The van der Waals surface area contributed by atoms with Crippen LogP contribution in [0, 0.1) is 11.2 Å². The number of benzene rings is 2. The van der Waals surface area contributed by atoms with E-state index in [1.165, 1.54) is 12.1 Å². The van der Waals surface area contributed by atoms with Crippen LogP contribution in [0.1, 0.15) is 69.4 Å². The monoisotopic (exact) mass is 504 g/mol. The van der Waals surface area contributed by atoms with Crippen molar-refractivity contribution in [1.29, 1.82) is 0 Å². The maximum absolute atomic E-state index is 14.2. The lowest BCUT2D eigenvalue weighted by molar-refractivity contribution is 0.0127. The molecule has 0 saturated heterocycles. The van der Waals surface area contributed by atoms with E-state index in [0.717, 1.165) is 36.9 Å². The summed E-state index contributed by atoms with van der Waals surface area (Å²) in [6.07, 6.45) is 3.86. The highest BCUT2D eigenvalue weighted by Crippen LogP contribution is 2.52. The van der Waals surface area contributed by atoms with E-state index in [4.69, 9.17) is 0 Å². The fourth-order valence-corrected chi connectivity index (χ4v) is 7.96. The third kappa shape index (κ3) is 5.51. The molecule has 194 valence electrons. The van der Waals surface area contributed by atoms with E-state index in [9.17, 15) is 17.9 Å². The average Bonchev–Trinajstić information content (AvgIpc) is 2.87. The van der Waals surface area contributed by atoms with Gasteiger partial charge in [0.2, 0.25) is 0 Å². The van der Waals surface area contributed by atoms with Crippen molar-refractivity contribution in [3.8, 4) is 0 Å². The molecule has 2 atom stereocenters. The first kappa shape index (κ1) is 27.5. The summed E-state index contributed by atoms with van der Waals surface area (Å²) in [5.41, 5.74) is 2.01. The van der Waals surface area contributed by atoms with Crippen LogP contribution >= 0.6 is 0 Å². The molecule has 0 spiro atoms. The Labute approximate surface area is 210 Å². The lowest BCUT2D eigenvalue weighted by atomic mass is 9.68. The number of fused-ring (bicyclic) bond motifs is 1. The molecule has 0 fully saturated rings. The fraction of sp³-hybridized carbons (Fsp3) is 0.571. The number of nitrogens with zero attached hydrogens (tertiary/aromatic N) is 2. The van der Waals surface area contributed by atoms with E-state index in [1.807, 2.05) is 50.1 Å². The lowest BCUT2D eigenvalue weighted by Crippen LogP contribution is -2.43. The van der Waals surface area contributed by atoms with Crippen LogP contribution in [-0.4, -0.2) is 53.6 Å². The zero-order chi connectivity index (χ0) is 26.0. The van der Waals surface area contributed by atoms with Crippen molar-refractivity contribution in [3.63, 3.8) is 0 Å². The minimum absolute atomic E-state index is 0.0893. The molecule has 5 nitrogen and oxygen atoms in total. The standard InChI is InChI=1S/C28H41FN2O3S/c1-7-9-15-28(16-10-8-2)19-35(33,34)26-23(17-22(30(3)4)18-24(26)31(5)6)25(27(28)32)20-11-13-21(29)14-12-20/h11-14,17-18,25,27,32H,7-10,15-16,19H2,1-6H3/t25-,27-/m1/s1. The fourth-order valence-electron chi connectivity index (χ4n) is 5.49. The molecule has 3 rings (SSSR count). The number of hydrogen-bond donors (Lipinski definition) is 1. The smallest absolute Gasteiger partial charge is 0.181 e. The van der Waals surface area contributed by atoms with Gasteiger partial charge in [0.05, 0.1) is 22.4 Å². The number of halogens is 1. The number of rotatable bonds is 9. The van der Waals surface area contributed by atoms with Gasteiger partial charge in [-0.25, -0.2) is 12.8 Å². The molecule has 0 saturated carbocycles. The Balaban J connectivity index is 2.42. The largest absolute Gasteiger partial charge is 0.392 e. The third-order valence-corrected chi connectivity index (χ3v) is 9.46. The predicted octanol–water partition coefficient (Wildman–Crippen LogP) is 5.60. The van der Waals surface area contributed by atoms with Crippen LogP contribution in [0.15, 0.2) is 41.3 Å². The van der Waals surface area contributed by atoms with Gasteiger partial charge in [0.15, 0.2) is 9.84 Å². The minimum Gasteiger partial charge on any atom is -0.392 e. The van der Waals surface area contributed by atoms with E-state index in [1.54, 1.807) is 12.1 Å². The lowest BCUT2D eigenvalue weighted by Gasteiger charge is -2.40. The van der Waals surface area contributed by atoms with Crippen LogP contribution in [-0.2, 0) is 9.84 Å². The van der Waals surface area contributed by atoms with Crippen molar-refractivity contribution < 1.29 is 17.9 Å². The molecular weight excluding hydrogens is 463 g/mol. The van der Waals surface area contributed by atoms with Gasteiger partial charge >= 0.3 is 0 Å². The molecule has 2 aromatic rings. The van der Waals surface area contributed by atoms with Crippen LogP contribution in [0.5, 0.6) is 0 Å². The summed E-state index contributed by atoms with van der Waals surface area (Å²) >= 11 is 0. The predicted molar refractivity (Wildman–Crippen MR) is 143 cm³/mol. The van der Waals surface area contributed by atoms with Gasteiger partial charge in [-0.1, -0.05) is 51.7 Å². The SMILES string of the molecule is CCCCC1(CCCC)CS(=O)(=O)c2c(cc(N(C)C)cc2N(C)C)[C@@H](c2ccc(F)cc2)[C@H]1O. The summed E-state index contributed by atoms with van der Waals surface area (Å²) in [4.78, 5) is 4.07. The normalized spacial score (nSPS) is 20.7. The van der Waals surface area contributed by atoms with E-state index in [-0.39, 0.29) is 16.5 Å². The summed E-state index contributed by atoms with van der Waals surface area (Å²) < 4.78 is 42.3. The Kier molecular flexibility index (Phi) is 8.53. The highest BCUT2D eigenvalue weighted by atomic mass is 32.2. The van der Waals surface area contributed by atoms with E-state index in [2.05, 4.69) is 13.8 Å². The van der Waals surface area contributed by atoms with Gasteiger partial charge in [-0.15, -0.1) is 0 Å². The first-order chi connectivity index (χ1) is 16.5. The van der Waals surface area contributed by atoms with Crippen LogP contribution in [0.25, 0.3) is 0 Å². The zero-order valence-corrected chi connectivity index (χ0v) is 22.8. The molecule has 0 unspecified atom stereocenters. The molecule has 35 heavy (non-hydrogen) atoms. The summed E-state index contributed by atoms with van der Waals surface area (Å²) in [6, 6.07) is 9.95. The molecule has 0 amide bonds. The molecule has 2 aromatic carbocycles. The van der Waals surface area contributed by atoms with Gasteiger partial charge in [-0.05, 0) is 48.2 Å². The van der Waals surface area contributed by atoms with Gasteiger partial charge in [0, 0.05) is 45.2 Å². The van der Waals surface area contributed by atoms with Crippen molar-refractivity contribution in [2.45, 2.75) is 69.3 Å². The van der Waals surface area contributed by atoms with Crippen LogP contribution in [0.4, 0.5) is 15.8 Å². The maximum Gasteiger partial charge on any atom is 0.181 e. The topological polar surface area (TPSA) is 60.9 Å². The van der Waals surface area contributed by atoms with E-state index >= 15 is 0 Å². The minimum atomic E-state index is -3.74. The first-order valence-electron chi connectivity index (χ1n) is 12.7. The summed E-state index contributed by atoms with van der Waals surface area (Å²) in [7, 11) is 3.79. The number of anilines is 2. The Hall–Kier alpha value is -2.12. The second-order valence-corrected chi connectivity index (χ2v) is 12.4. The molecule has 1 N–H and O–H groups in total. The zero-order valence-electron chi connectivity index (χ0n) is 22.0. The molecule has 0 radical (unpaired) electrons. The Morgan fingerprint density at radius 2 is 1.54 bits per heavy atom. The number of hydrogen-bond acceptors (Lipinski definition) is 5. The van der Waals surface area contributed by atoms with Gasteiger partial charge in [-0.2, -0.15) is 0 Å². The van der Waals surface area contributed by atoms with Crippen LogP contribution in [0.3, 0.4) is 0 Å². The quantitative estimate of drug-likeness (QED) is 0.481. The average molecular weight is 505 g/mol. The van der Waals surface area contributed by atoms with Gasteiger partial charge in [0.1, 0.15) is 5.82 Å². The van der Waals surface area contributed by atoms with Crippen LogP contribution < -0.4 is 9.80 Å². The Morgan fingerprint density at radius 3 is 2.03 bits per heavy atom. The van der Waals surface area contributed by atoms with Crippen molar-refractivity contribution in [2.75, 3.05) is 43.7 Å². The highest BCUT2D eigenvalue weighted by molar-refractivity contribution is 7.91. The Morgan fingerprint density at radius 1 is 0.971 bits per heavy atom. The van der Waals surface area contributed by atoms with Gasteiger partial charge < -0.3 is 14.9 Å². The Bertz CT molecular complexity index is 1110. The van der Waals surface area contributed by atoms with Crippen LogP contribution in [0.2, 0.25) is 0 Å². The van der Waals surface area contributed by atoms with E-state index in [0.29, 0.717) is 24.1 Å². The molecule has 1 aliphatic heterocycles. The molecule has 0 aromatic heterocycles. The number of unbranched alkanes of at least 4 members (excludes halogenated alkanes) is 2. The second-order valence-electron chi connectivity index (χ2n) is 10.5. The van der Waals surface area contributed by atoms with Gasteiger partial charge in [-0.3, -0.25) is 0 Å². The summed E-state index contributed by atoms with van der Waals surface area (Å²) in [6.45, 7) is 4.18. The first-order valence-corrected chi connectivity index (χ1v) is 14.3. The molecule has 1 aliphatic rings. The highest BCUT2D eigenvalue weighted by Gasteiger charge is 2.50. The maximum atomic E-state index is 14.2. The third-order valence-electron chi connectivity index (χ3n) is 7.43. The van der Waals surface area contributed by atoms with Gasteiger partial charge in [0.25, 0.3) is 0 Å². The van der Waals surface area contributed by atoms with Crippen molar-refractivity contribution in [2.24, 2.45) is 5.41 Å². The molecule has 1 heterocycles. The molecular formula is C28H41FN2O3S. The van der Waals surface area contributed by atoms with E-state index < -0.39 is 27.3 Å². The molecule has 7 heteroatoms. The second kappa shape index (κ2) is 10.9. The van der Waals surface area contributed by atoms with Crippen molar-refractivity contribution in [3.05, 3.63) is 53.3 Å². The number of aliphatic hydroxyl groups excluding tert-OH is 1. The van der Waals surface area contributed by atoms with Crippen molar-refractivity contribution >= 4 is 21.2 Å². The number of aliphatic hydroxyl groups is 1.